The van der Waals surface area contributed by atoms with E-state index in [1.54, 1.807) is 42.4 Å². The Balaban J connectivity index is 1.71. The number of hydrogen-bond acceptors (Lipinski definition) is 4. The molecule has 0 saturated carbocycles. The second-order valence-corrected chi connectivity index (χ2v) is 7.12. The van der Waals surface area contributed by atoms with Crippen LogP contribution in [0.25, 0.3) is 11.3 Å². The summed E-state index contributed by atoms with van der Waals surface area (Å²) in [6.07, 6.45) is 3.87. The summed E-state index contributed by atoms with van der Waals surface area (Å²) >= 11 is 0. The van der Waals surface area contributed by atoms with E-state index in [1.807, 2.05) is 32.0 Å². The molecule has 0 fully saturated rings. The summed E-state index contributed by atoms with van der Waals surface area (Å²) in [6, 6.07) is 12.6. The molecule has 0 spiro atoms. The zero-order valence-electron chi connectivity index (χ0n) is 17.4. The van der Waals surface area contributed by atoms with Gasteiger partial charge in [0, 0.05) is 54.7 Å². The van der Waals surface area contributed by atoms with Crippen LogP contribution in [-0.2, 0) is 11.2 Å². The number of carbonyl (C=O) groups is 2. The van der Waals surface area contributed by atoms with Gasteiger partial charge in [0.25, 0.3) is 0 Å². The molecule has 0 N–H and O–H groups in total. The van der Waals surface area contributed by atoms with Gasteiger partial charge in [0.05, 0.1) is 5.69 Å². The molecule has 0 atom stereocenters. The second kappa shape index (κ2) is 9.39. The fraction of sp³-hybridized carbons (Fsp3) is 0.250. The van der Waals surface area contributed by atoms with Crippen molar-refractivity contribution in [3.8, 4) is 11.3 Å². The van der Waals surface area contributed by atoms with Crippen molar-refractivity contribution < 1.29 is 14.0 Å². The van der Waals surface area contributed by atoms with E-state index in [0.29, 0.717) is 24.0 Å². The van der Waals surface area contributed by atoms with Crippen LogP contribution in [0.15, 0.2) is 54.9 Å². The van der Waals surface area contributed by atoms with Crippen molar-refractivity contribution >= 4 is 17.4 Å². The van der Waals surface area contributed by atoms with E-state index < -0.39 is 5.95 Å². The van der Waals surface area contributed by atoms with Gasteiger partial charge in [-0.1, -0.05) is 19.1 Å². The monoisotopic (exact) mass is 405 g/mol. The van der Waals surface area contributed by atoms with Crippen molar-refractivity contribution in [1.82, 2.24) is 9.97 Å². The molecule has 6 heteroatoms. The van der Waals surface area contributed by atoms with Crippen LogP contribution >= 0.6 is 0 Å². The summed E-state index contributed by atoms with van der Waals surface area (Å²) in [6.45, 7) is 3.79. The number of hydrogen-bond donors (Lipinski definition) is 0. The van der Waals surface area contributed by atoms with Crippen LogP contribution in [0.1, 0.15) is 41.3 Å². The van der Waals surface area contributed by atoms with Crippen molar-refractivity contribution in [3.63, 3.8) is 0 Å². The summed E-state index contributed by atoms with van der Waals surface area (Å²) in [5, 5.41) is 0. The molecule has 1 aromatic carbocycles. The molecule has 2 heterocycles. The molecule has 30 heavy (non-hydrogen) atoms. The predicted molar refractivity (Wildman–Crippen MR) is 115 cm³/mol. The van der Waals surface area contributed by atoms with Gasteiger partial charge in [0.1, 0.15) is 0 Å². The molecule has 0 unspecified atom stereocenters. The third-order valence-corrected chi connectivity index (χ3v) is 5.07. The van der Waals surface area contributed by atoms with Crippen LogP contribution in [0.4, 0.5) is 10.1 Å². The van der Waals surface area contributed by atoms with E-state index >= 15 is 0 Å². The Hall–Kier alpha value is -3.41. The largest absolute Gasteiger partial charge is 0.315 e. The zero-order chi connectivity index (χ0) is 21.7. The van der Waals surface area contributed by atoms with Crippen LogP contribution in [-0.4, -0.2) is 28.7 Å². The van der Waals surface area contributed by atoms with Crippen LogP contribution < -0.4 is 4.90 Å². The number of anilines is 1. The van der Waals surface area contributed by atoms with Crippen molar-refractivity contribution in [3.05, 3.63) is 77.5 Å². The van der Waals surface area contributed by atoms with Crippen LogP contribution in [0, 0.1) is 12.9 Å². The number of ketones is 1. The lowest BCUT2D eigenvalue weighted by molar-refractivity contribution is -0.118. The Bertz CT molecular complexity index is 1060. The van der Waals surface area contributed by atoms with Gasteiger partial charge in [-0.25, -0.2) is 4.98 Å². The number of halogens is 1. The summed E-state index contributed by atoms with van der Waals surface area (Å²) in [7, 11) is 1.77. The van der Waals surface area contributed by atoms with Gasteiger partial charge in [-0.2, -0.15) is 4.39 Å². The number of Topliss-reactive ketones (excluding diaryl/α,β-unsaturated/α-hetero) is 1. The van der Waals surface area contributed by atoms with Crippen molar-refractivity contribution in [2.45, 2.75) is 33.1 Å². The van der Waals surface area contributed by atoms with Crippen LogP contribution in [0.3, 0.4) is 0 Å². The molecular weight excluding hydrogens is 381 g/mol. The molecule has 0 aliphatic heterocycles. The van der Waals surface area contributed by atoms with E-state index in [9.17, 15) is 14.0 Å². The maximum absolute atomic E-state index is 13.6. The summed E-state index contributed by atoms with van der Waals surface area (Å²) < 4.78 is 13.6. The van der Waals surface area contributed by atoms with E-state index in [-0.39, 0.29) is 18.1 Å². The number of nitrogens with zero attached hydrogens (tertiary/aromatic N) is 3. The van der Waals surface area contributed by atoms with Gasteiger partial charge in [0.15, 0.2) is 5.78 Å². The number of aryl methyl sites for hydroxylation is 2. The first-order valence-corrected chi connectivity index (χ1v) is 9.87. The first-order chi connectivity index (χ1) is 14.4. The van der Waals surface area contributed by atoms with Crippen molar-refractivity contribution in [2.75, 3.05) is 11.9 Å². The Morgan fingerprint density at radius 2 is 1.90 bits per heavy atom. The number of pyridine rings is 2. The lowest BCUT2D eigenvalue weighted by Gasteiger charge is -2.19. The fourth-order valence-corrected chi connectivity index (χ4v) is 3.29. The molecule has 0 radical (unpaired) electrons. The summed E-state index contributed by atoms with van der Waals surface area (Å²) in [4.78, 5) is 34.0. The normalized spacial score (nSPS) is 10.7. The Morgan fingerprint density at radius 3 is 2.53 bits per heavy atom. The van der Waals surface area contributed by atoms with E-state index in [2.05, 4.69) is 9.97 Å². The summed E-state index contributed by atoms with van der Waals surface area (Å²) in [5.41, 5.74) is 4.40. The lowest BCUT2D eigenvalue weighted by atomic mass is 10.0. The minimum absolute atomic E-state index is 0.0537. The Kier molecular flexibility index (Phi) is 6.67. The number of benzene rings is 1. The fourth-order valence-electron chi connectivity index (χ4n) is 3.29. The number of amides is 1. The topological polar surface area (TPSA) is 63.2 Å². The van der Waals surface area contributed by atoms with Crippen molar-refractivity contribution in [1.29, 1.82) is 0 Å². The van der Waals surface area contributed by atoms with Gasteiger partial charge in [-0.05, 0) is 49.2 Å². The summed E-state index contributed by atoms with van der Waals surface area (Å²) in [5.74, 6) is -0.578. The highest BCUT2D eigenvalue weighted by Crippen LogP contribution is 2.26. The molecule has 2 aromatic heterocycles. The standard InChI is InChI=1S/C24H24FN3O2/c1-4-23(30)28(3)21-11-8-18(14-16(21)2)20-10-7-19(15-27-20)22(29)12-9-17-6-5-13-26-24(17)25/h5-8,10-11,13-15H,4,9,12H2,1-3H3. The molecule has 0 bridgehead atoms. The number of rotatable bonds is 7. The van der Waals surface area contributed by atoms with Gasteiger partial charge >= 0.3 is 0 Å². The molecule has 3 rings (SSSR count). The zero-order valence-corrected chi connectivity index (χ0v) is 17.4. The van der Waals surface area contributed by atoms with Crippen LogP contribution in [0.2, 0.25) is 0 Å². The molecule has 3 aromatic rings. The van der Waals surface area contributed by atoms with Gasteiger partial charge in [-0.15, -0.1) is 0 Å². The van der Waals surface area contributed by atoms with E-state index in [4.69, 9.17) is 0 Å². The molecule has 1 amide bonds. The minimum Gasteiger partial charge on any atom is -0.315 e. The minimum atomic E-state index is -0.538. The third-order valence-electron chi connectivity index (χ3n) is 5.07. The molecular formula is C24H24FN3O2. The van der Waals surface area contributed by atoms with E-state index in [1.165, 1.54) is 6.20 Å². The average molecular weight is 405 g/mol. The molecule has 0 aliphatic carbocycles. The maximum Gasteiger partial charge on any atom is 0.226 e. The Morgan fingerprint density at radius 1 is 1.10 bits per heavy atom. The number of carbonyl (C=O) groups excluding carboxylic acids is 2. The number of aromatic nitrogens is 2. The van der Waals surface area contributed by atoms with Gasteiger partial charge < -0.3 is 4.90 Å². The average Bonchev–Trinajstić information content (AvgIpc) is 2.77. The maximum atomic E-state index is 13.6. The predicted octanol–water partition coefficient (Wildman–Crippen LogP) is 4.78. The highest BCUT2D eigenvalue weighted by Gasteiger charge is 2.13. The molecule has 5 nitrogen and oxygen atoms in total. The highest BCUT2D eigenvalue weighted by atomic mass is 19.1. The SMILES string of the molecule is CCC(=O)N(C)c1ccc(-c2ccc(C(=O)CCc3cccnc3F)cn2)cc1C. The first kappa shape index (κ1) is 21.3. The molecule has 154 valence electrons. The third kappa shape index (κ3) is 4.76. The van der Waals surface area contributed by atoms with Crippen molar-refractivity contribution in [2.24, 2.45) is 0 Å². The first-order valence-electron chi connectivity index (χ1n) is 9.87. The molecule has 0 aliphatic rings. The van der Waals surface area contributed by atoms with Gasteiger partial charge in [0.2, 0.25) is 11.9 Å². The highest BCUT2D eigenvalue weighted by molar-refractivity contribution is 5.96. The molecule has 0 saturated heterocycles. The van der Waals surface area contributed by atoms with Crippen LogP contribution in [0.5, 0.6) is 0 Å². The Labute approximate surface area is 175 Å². The quantitative estimate of drug-likeness (QED) is 0.419. The van der Waals surface area contributed by atoms with Gasteiger partial charge in [-0.3, -0.25) is 14.6 Å². The second-order valence-electron chi connectivity index (χ2n) is 7.12. The lowest BCUT2D eigenvalue weighted by Crippen LogP contribution is -2.25. The smallest absolute Gasteiger partial charge is 0.226 e. The van der Waals surface area contributed by atoms with E-state index in [0.717, 1.165) is 22.5 Å².